The van der Waals surface area contributed by atoms with Gasteiger partial charge in [0.05, 0.1) is 17.7 Å². The van der Waals surface area contributed by atoms with E-state index in [-0.39, 0.29) is 23.7 Å². The highest BCUT2D eigenvalue weighted by Gasteiger charge is 2.21. The van der Waals surface area contributed by atoms with Crippen LogP contribution in [-0.2, 0) is 6.54 Å². The van der Waals surface area contributed by atoms with Crippen molar-refractivity contribution < 1.29 is 14.1 Å². The fourth-order valence-corrected chi connectivity index (χ4v) is 3.09. The Hall–Kier alpha value is -3.67. The Balaban J connectivity index is 1.89. The summed E-state index contributed by atoms with van der Waals surface area (Å²) >= 11 is 0. The number of benzene rings is 2. The molecule has 0 bridgehead atoms. The summed E-state index contributed by atoms with van der Waals surface area (Å²) in [5, 5.41) is 11.3. The summed E-state index contributed by atoms with van der Waals surface area (Å²) in [6.45, 7) is 4.25. The maximum absolute atomic E-state index is 13.2. The van der Waals surface area contributed by atoms with Gasteiger partial charge in [0.25, 0.3) is 11.6 Å². The number of furan rings is 1. The summed E-state index contributed by atoms with van der Waals surface area (Å²) in [7, 11) is 0. The van der Waals surface area contributed by atoms with Crippen molar-refractivity contribution in [3.63, 3.8) is 0 Å². The highest BCUT2D eigenvalue weighted by atomic mass is 16.6. The molecule has 0 saturated carbocycles. The Labute approximate surface area is 169 Å². The lowest BCUT2D eigenvalue weighted by Crippen LogP contribution is -2.32. The van der Waals surface area contributed by atoms with Crippen molar-refractivity contribution in [2.24, 2.45) is 0 Å². The van der Waals surface area contributed by atoms with Crippen molar-refractivity contribution in [2.75, 3.05) is 6.54 Å². The molecule has 0 radical (unpaired) electrons. The van der Waals surface area contributed by atoms with Gasteiger partial charge < -0.3 is 9.32 Å². The minimum Gasteiger partial charge on any atom is -0.467 e. The Bertz CT molecular complexity index is 1020. The summed E-state index contributed by atoms with van der Waals surface area (Å²) in [5.74, 6) is 0.359. The molecule has 1 amide bonds. The molecule has 1 aromatic heterocycles. The van der Waals surface area contributed by atoms with E-state index in [2.05, 4.69) is 0 Å². The highest BCUT2D eigenvalue weighted by molar-refractivity contribution is 5.95. The van der Waals surface area contributed by atoms with Gasteiger partial charge in [-0.3, -0.25) is 14.9 Å². The number of carbonyl (C=O) groups is 1. The van der Waals surface area contributed by atoms with Crippen LogP contribution in [0.2, 0.25) is 0 Å². The lowest BCUT2D eigenvalue weighted by atomic mass is 10.1. The summed E-state index contributed by atoms with van der Waals surface area (Å²) in [6.07, 6.45) is 3.57. The monoisotopic (exact) mass is 390 g/mol. The van der Waals surface area contributed by atoms with Crippen LogP contribution in [0, 0.1) is 17.0 Å². The normalized spacial score (nSPS) is 11.3. The fraction of sp³-hybridized carbons (Fsp3) is 0.174. The average Bonchev–Trinajstić information content (AvgIpc) is 3.21. The standard InChI is InChI=1S/C23H22N2O4/c1-17(13-19-7-4-3-5-8-19)15-24(16-21-9-6-12-29-21)23(26)20-11-10-18(2)22(14-20)25(27)28/h3-14H,15-16H2,1-2H3/b17-13+. The van der Waals surface area contributed by atoms with Crippen LogP contribution in [0.5, 0.6) is 0 Å². The number of nitrogens with zero attached hydrogens (tertiary/aromatic N) is 2. The zero-order valence-corrected chi connectivity index (χ0v) is 16.4. The largest absolute Gasteiger partial charge is 0.467 e. The average molecular weight is 390 g/mol. The molecule has 3 aromatic rings. The van der Waals surface area contributed by atoms with Crippen LogP contribution < -0.4 is 0 Å². The maximum Gasteiger partial charge on any atom is 0.273 e. The van der Waals surface area contributed by atoms with Gasteiger partial charge in [-0.15, -0.1) is 0 Å². The number of nitro groups is 1. The van der Waals surface area contributed by atoms with Gasteiger partial charge in [-0.25, -0.2) is 0 Å². The molecule has 29 heavy (non-hydrogen) atoms. The number of nitro benzene ring substituents is 1. The van der Waals surface area contributed by atoms with Crippen molar-refractivity contribution in [1.82, 2.24) is 4.90 Å². The first-order valence-electron chi connectivity index (χ1n) is 9.23. The first-order valence-corrected chi connectivity index (χ1v) is 9.23. The van der Waals surface area contributed by atoms with Gasteiger partial charge in [-0.1, -0.05) is 48.0 Å². The maximum atomic E-state index is 13.2. The van der Waals surface area contributed by atoms with Crippen LogP contribution in [0.3, 0.4) is 0 Å². The molecule has 0 aliphatic heterocycles. The van der Waals surface area contributed by atoms with Crippen molar-refractivity contribution in [3.8, 4) is 0 Å². The van der Waals surface area contributed by atoms with Crippen molar-refractivity contribution >= 4 is 17.7 Å². The Morgan fingerprint density at radius 1 is 1.14 bits per heavy atom. The molecule has 0 fully saturated rings. The summed E-state index contributed by atoms with van der Waals surface area (Å²) < 4.78 is 5.41. The Morgan fingerprint density at radius 3 is 2.55 bits per heavy atom. The predicted molar refractivity (Wildman–Crippen MR) is 111 cm³/mol. The molecule has 2 aromatic carbocycles. The second-order valence-corrected chi connectivity index (χ2v) is 6.90. The third-order valence-corrected chi connectivity index (χ3v) is 4.52. The molecule has 0 aliphatic carbocycles. The van der Waals surface area contributed by atoms with Crippen molar-refractivity contribution in [3.05, 3.63) is 105 Å². The summed E-state index contributed by atoms with van der Waals surface area (Å²) in [6, 6.07) is 18.0. The molecule has 0 N–H and O–H groups in total. The van der Waals surface area contributed by atoms with Gasteiger partial charge in [-0.05, 0) is 37.6 Å². The third kappa shape index (κ3) is 5.19. The van der Waals surface area contributed by atoms with E-state index < -0.39 is 4.92 Å². The number of rotatable bonds is 7. The van der Waals surface area contributed by atoms with Crippen LogP contribution >= 0.6 is 0 Å². The number of hydrogen-bond donors (Lipinski definition) is 0. The second-order valence-electron chi connectivity index (χ2n) is 6.90. The Morgan fingerprint density at radius 2 is 1.90 bits per heavy atom. The van der Waals surface area contributed by atoms with Gasteiger partial charge in [-0.2, -0.15) is 0 Å². The smallest absolute Gasteiger partial charge is 0.273 e. The van der Waals surface area contributed by atoms with Gasteiger partial charge in [0.15, 0.2) is 0 Å². The quantitative estimate of drug-likeness (QED) is 0.408. The number of amides is 1. The molecule has 0 atom stereocenters. The van der Waals surface area contributed by atoms with E-state index in [4.69, 9.17) is 4.42 Å². The van der Waals surface area contributed by atoms with E-state index in [9.17, 15) is 14.9 Å². The zero-order valence-electron chi connectivity index (χ0n) is 16.4. The van der Waals surface area contributed by atoms with Crippen LogP contribution in [0.1, 0.15) is 34.2 Å². The second kappa shape index (κ2) is 9.01. The molecule has 6 nitrogen and oxygen atoms in total. The van der Waals surface area contributed by atoms with Gasteiger partial charge in [0.1, 0.15) is 5.76 Å². The van der Waals surface area contributed by atoms with E-state index in [1.807, 2.05) is 43.3 Å². The van der Waals surface area contributed by atoms with Crippen molar-refractivity contribution in [1.29, 1.82) is 0 Å². The summed E-state index contributed by atoms with van der Waals surface area (Å²) in [4.78, 5) is 25.6. The molecule has 0 spiro atoms. The van der Waals surface area contributed by atoms with E-state index in [0.29, 0.717) is 17.9 Å². The minimum absolute atomic E-state index is 0.0645. The predicted octanol–water partition coefficient (Wildman–Crippen LogP) is 5.24. The first-order chi connectivity index (χ1) is 13.9. The van der Waals surface area contributed by atoms with E-state index in [0.717, 1.165) is 11.1 Å². The SMILES string of the molecule is C/C(=C\c1ccccc1)CN(Cc1ccco1)C(=O)c1ccc(C)c([N+](=O)[O-])c1. The molecular weight excluding hydrogens is 368 g/mol. The Kier molecular flexibility index (Phi) is 6.24. The molecule has 3 rings (SSSR count). The lowest BCUT2D eigenvalue weighted by Gasteiger charge is -2.22. The first kappa shape index (κ1) is 20.1. The van der Waals surface area contributed by atoms with Gasteiger partial charge in [0, 0.05) is 23.7 Å². The van der Waals surface area contributed by atoms with E-state index >= 15 is 0 Å². The minimum atomic E-state index is -0.469. The molecule has 148 valence electrons. The van der Waals surface area contributed by atoms with Crippen LogP contribution in [0.15, 0.2) is 76.9 Å². The number of aryl methyl sites for hydroxylation is 1. The molecule has 1 heterocycles. The zero-order chi connectivity index (χ0) is 20.8. The van der Waals surface area contributed by atoms with Crippen LogP contribution in [-0.4, -0.2) is 22.3 Å². The molecular formula is C23H22N2O4. The fourth-order valence-electron chi connectivity index (χ4n) is 3.09. The van der Waals surface area contributed by atoms with E-state index in [1.54, 1.807) is 42.4 Å². The molecule has 0 saturated heterocycles. The summed E-state index contributed by atoms with van der Waals surface area (Å²) in [5.41, 5.74) is 2.76. The van der Waals surface area contributed by atoms with E-state index in [1.165, 1.54) is 6.07 Å². The highest BCUT2D eigenvalue weighted by Crippen LogP contribution is 2.22. The lowest BCUT2D eigenvalue weighted by molar-refractivity contribution is -0.385. The number of hydrogen-bond acceptors (Lipinski definition) is 4. The van der Waals surface area contributed by atoms with Gasteiger partial charge in [0.2, 0.25) is 0 Å². The molecule has 0 aliphatic rings. The third-order valence-electron chi connectivity index (χ3n) is 4.52. The van der Waals surface area contributed by atoms with Crippen molar-refractivity contribution in [2.45, 2.75) is 20.4 Å². The number of carbonyl (C=O) groups excluding carboxylic acids is 1. The molecule has 6 heteroatoms. The van der Waals surface area contributed by atoms with Gasteiger partial charge >= 0.3 is 0 Å². The topological polar surface area (TPSA) is 76.6 Å². The van der Waals surface area contributed by atoms with Crippen LogP contribution in [0.4, 0.5) is 5.69 Å². The van der Waals surface area contributed by atoms with Crippen LogP contribution in [0.25, 0.3) is 6.08 Å². The molecule has 0 unspecified atom stereocenters.